The van der Waals surface area contributed by atoms with Gasteiger partial charge in [0.15, 0.2) is 5.78 Å². The van der Waals surface area contributed by atoms with E-state index in [-0.39, 0.29) is 16.6 Å². The Kier molecular flexibility index (Phi) is 3.19. The van der Waals surface area contributed by atoms with Gasteiger partial charge in [0.2, 0.25) is 10.0 Å². The summed E-state index contributed by atoms with van der Waals surface area (Å²) in [7, 11) is -3.42. The van der Waals surface area contributed by atoms with Gasteiger partial charge in [-0.3, -0.25) is 4.79 Å². The zero-order valence-electron chi connectivity index (χ0n) is 10.7. The number of benzene rings is 1. The minimum absolute atomic E-state index is 0.0819. The van der Waals surface area contributed by atoms with E-state index in [1.807, 2.05) is 0 Å². The summed E-state index contributed by atoms with van der Waals surface area (Å²) in [5, 5.41) is 0. The highest BCUT2D eigenvalue weighted by molar-refractivity contribution is 7.89. The smallest absolute Gasteiger partial charge is 0.243 e. The fourth-order valence-corrected chi connectivity index (χ4v) is 4.03. The van der Waals surface area contributed by atoms with Gasteiger partial charge in [-0.1, -0.05) is 12.1 Å². The number of ketones is 1. The maximum absolute atomic E-state index is 12.4. The predicted octanol–water partition coefficient (Wildman–Crippen LogP) is 2.06. The van der Waals surface area contributed by atoms with Crippen LogP contribution in [-0.2, 0) is 10.0 Å². The molecular formula is C14H17NO3S. The lowest BCUT2D eigenvalue weighted by Gasteiger charge is -2.15. The average Bonchev–Trinajstić information content (AvgIpc) is 3.11. The van der Waals surface area contributed by atoms with E-state index in [2.05, 4.69) is 0 Å². The Bertz CT molecular complexity index is 599. The molecule has 0 radical (unpaired) electrons. The van der Waals surface area contributed by atoms with Gasteiger partial charge in [-0.15, -0.1) is 0 Å². The molecule has 4 nitrogen and oxygen atoms in total. The van der Waals surface area contributed by atoms with E-state index in [1.165, 1.54) is 10.4 Å². The number of Topliss-reactive ketones (excluding diaryl/α,β-unsaturated/α-hetero) is 1. The Morgan fingerprint density at radius 3 is 2.47 bits per heavy atom. The predicted molar refractivity (Wildman–Crippen MR) is 71.5 cm³/mol. The zero-order chi connectivity index (χ0) is 13.5. The molecule has 102 valence electrons. The summed E-state index contributed by atoms with van der Waals surface area (Å²) in [5.74, 6) is 0.197. The molecule has 1 saturated carbocycles. The van der Waals surface area contributed by atoms with Crippen molar-refractivity contribution in [1.29, 1.82) is 0 Å². The van der Waals surface area contributed by atoms with Crippen molar-refractivity contribution in [2.24, 2.45) is 5.92 Å². The molecule has 0 spiro atoms. The summed E-state index contributed by atoms with van der Waals surface area (Å²) >= 11 is 0. The molecule has 0 amide bonds. The lowest BCUT2D eigenvalue weighted by atomic mass is 10.1. The zero-order valence-corrected chi connectivity index (χ0v) is 11.5. The molecule has 0 aromatic heterocycles. The lowest BCUT2D eigenvalue weighted by molar-refractivity contribution is 0.0967. The van der Waals surface area contributed by atoms with Crippen molar-refractivity contribution in [3.05, 3.63) is 29.8 Å². The van der Waals surface area contributed by atoms with Gasteiger partial charge in [0.25, 0.3) is 0 Å². The third-order valence-corrected chi connectivity index (χ3v) is 5.66. The average molecular weight is 279 g/mol. The second-order valence-corrected chi connectivity index (χ2v) is 7.22. The Morgan fingerprint density at radius 2 is 1.84 bits per heavy atom. The number of hydrogen-bond acceptors (Lipinski definition) is 3. The second-order valence-electron chi connectivity index (χ2n) is 5.28. The number of hydrogen-bond donors (Lipinski definition) is 0. The molecular weight excluding hydrogens is 262 g/mol. The van der Waals surface area contributed by atoms with Gasteiger partial charge in [0.1, 0.15) is 0 Å². The maximum atomic E-state index is 12.4. The van der Waals surface area contributed by atoms with Crippen LogP contribution in [-0.4, -0.2) is 31.6 Å². The minimum Gasteiger partial charge on any atom is -0.294 e. The fourth-order valence-electron chi connectivity index (χ4n) is 2.47. The van der Waals surface area contributed by atoms with Gasteiger partial charge in [-0.05, 0) is 37.8 Å². The molecule has 2 fully saturated rings. The van der Waals surface area contributed by atoms with E-state index in [4.69, 9.17) is 0 Å². The molecule has 0 bridgehead atoms. The molecule has 0 atom stereocenters. The Morgan fingerprint density at radius 1 is 1.16 bits per heavy atom. The van der Waals surface area contributed by atoms with Crippen LogP contribution in [0, 0.1) is 5.92 Å². The molecule has 1 aromatic rings. The topological polar surface area (TPSA) is 54.5 Å². The van der Waals surface area contributed by atoms with Crippen LogP contribution in [0.4, 0.5) is 0 Å². The summed E-state index contributed by atoms with van der Waals surface area (Å²) in [6.45, 7) is 1.17. The summed E-state index contributed by atoms with van der Waals surface area (Å²) in [4.78, 5) is 12.2. The molecule has 0 unspecified atom stereocenters. The first kappa shape index (κ1) is 12.8. The van der Waals surface area contributed by atoms with E-state index in [9.17, 15) is 13.2 Å². The summed E-state index contributed by atoms with van der Waals surface area (Å²) < 4.78 is 26.3. The SMILES string of the molecule is O=C(c1cccc(S(=O)(=O)N2CCCC2)c1)C1CC1. The Labute approximate surface area is 113 Å². The van der Waals surface area contributed by atoms with Crippen molar-refractivity contribution < 1.29 is 13.2 Å². The molecule has 1 aliphatic carbocycles. The monoisotopic (exact) mass is 279 g/mol. The van der Waals surface area contributed by atoms with Crippen molar-refractivity contribution in [2.75, 3.05) is 13.1 Å². The molecule has 5 heteroatoms. The van der Waals surface area contributed by atoms with Crippen LogP contribution in [0.5, 0.6) is 0 Å². The van der Waals surface area contributed by atoms with Crippen LogP contribution < -0.4 is 0 Å². The number of rotatable bonds is 4. The number of carbonyl (C=O) groups is 1. The highest BCUT2D eigenvalue weighted by Crippen LogP contribution is 2.33. The fraction of sp³-hybridized carbons (Fsp3) is 0.500. The number of sulfonamides is 1. The first-order valence-corrected chi connectivity index (χ1v) is 8.17. The molecule has 1 heterocycles. The van der Waals surface area contributed by atoms with Crippen molar-refractivity contribution in [2.45, 2.75) is 30.6 Å². The third kappa shape index (κ3) is 2.44. The molecule has 19 heavy (non-hydrogen) atoms. The van der Waals surface area contributed by atoms with E-state index >= 15 is 0 Å². The normalized spacial score (nSPS) is 20.6. The maximum Gasteiger partial charge on any atom is 0.243 e. The summed E-state index contributed by atoms with van der Waals surface area (Å²) in [6, 6.07) is 6.49. The third-order valence-electron chi connectivity index (χ3n) is 3.77. The van der Waals surface area contributed by atoms with Gasteiger partial charge in [0.05, 0.1) is 4.90 Å². The first-order valence-electron chi connectivity index (χ1n) is 6.73. The van der Waals surface area contributed by atoms with E-state index in [0.717, 1.165) is 25.7 Å². The summed E-state index contributed by atoms with van der Waals surface area (Å²) in [5.41, 5.74) is 0.530. The van der Waals surface area contributed by atoms with E-state index in [1.54, 1.807) is 18.2 Å². The number of carbonyl (C=O) groups excluding carboxylic acids is 1. The Hall–Kier alpha value is -1.20. The van der Waals surface area contributed by atoms with Crippen molar-refractivity contribution >= 4 is 15.8 Å². The minimum atomic E-state index is -3.42. The van der Waals surface area contributed by atoms with Crippen molar-refractivity contribution in [3.8, 4) is 0 Å². The van der Waals surface area contributed by atoms with Crippen molar-refractivity contribution in [1.82, 2.24) is 4.31 Å². The lowest BCUT2D eigenvalue weighted by Crippen LogP contribution is -2.28. The molecule has 1 saturated heterocycles. The molecule has 0 N–H and O–H groups in total. The molecule has 1 aromatic carbocycles. The van der Waals surface area contributed by atoms with Crippen molar-refractivity contribution in [3.63, 3.8) is 0 Å². The number of nitrogens with zero attached hydrogens (tertiary/aromatic N) is 1. The largest absolute Gasteiger partial charge is 0.294 e. The molecule has 3 rings (SSSR count). The van der Waals surface area contributed by atoms with Crippen LogP contribution in [0.1, 0.15) is 36.0 Å². The van der Waals surface area contributed by atoms with Crippen LogP contribution in [0.25, 0.3) is 0 Å². The second kappa shape index (κ2) is 4.72. The van der Waals surface area contributed by atoms with Gasteiger partial charge in [-0.25, -0.2) is 8.42 Å². The van der Waals surface area contributed by atoms with Crippen LogP contribution >= 0.6 is 0 Å². The van der Waals surface area contributed by atoms with Gasteiger partial charge < -0.3 is 0 Å². The Balaban J connectivity index is 1.92. The molecule has 2 aliphatic rings. The van der Waals surface area contributed by atoms with E-state index in [0.29, 0.717) is 18.7 Å². The highest BCUT2D eigenvalue weighted by Gasteiger charge is 2.32. The van der Waals surface area contributed by atoms with Gasteiger partial charge >= 0.3 is 0 Å². The van der Waals surface area contributed by atoms with Gasteiger partial charge in [-0.2, -0.15) is 4.31 Å². The summed E-state index contributed by atoms with van der Waals surface area (Å²) in [6.07, 6.45) is 3.70. The van der Waals surface area contributed by atoms with Crippen LogP contribution in [0.15, 0.2) is 29.2 Å². The quantitative estimate of drug-likeness (QED) is 0.793. The van der Waals surface area contributed by atoms with E-state index < -0.39 is 10.0 Å². The molecule has 1 aliphatic heterocycles. The first-order chi connectivity index (χ1) is 9.09. The standard InChI is InChI=1S/C14H17NO3S/c16-14(11-6-7-11)12-4-3-5-13(10-12)19(17,18)15-8-1-2-9-15/h3-5,10-11H,1-2,6-9H2. The van der Waals surface area contributed by atoms with Crippen LogP contribution in [0.2, 0.25) is 0 Å². The highest BCUT2D eigenvalue weighted by atomic mass is 32.2. The van der Waals surface area contributed by atoms with Gasteiger partial charge in [0, 0.05) is 24.6 Å². The van der Waals surface area contributed by atoms with Crippen LogP contribution in [0.3, 0.4) is 0 Å².